The van der Waals surface area contributed by atoms with E-state index in [9.17, 15) is 0 Å². The summed E-state index contributed by atoms with van der Waals surface area (Å²) in [6, 6.07) is 8.49. The maximum atomic E-state index is 5.35. The fraction of sp³-hybridized carbons (Fsp3) is 0.429. The molecule has 0 aliphatic heterocycles. The second-order valence-corrected chi connectivity index (χ2v) is 6.98. The molecular weight excluding hydrogens is 338 g/mol. The molecule has 6 nitrogen and oxygen atoms in total. The monoisotopic (exact) mass is 367 g/mol. The van der Waals surface area contributed by atoms with Gasteiger partial charge in [0.1, 0.15) is 0 Å². The van der Waals surface area contributed by atoms with Crippen molar-refractivity contribution in [2.75, 3.05) is 13.6 Å². The molecule has 3 aromatic rings. The molecule has 2 aromatic heterocycles. The molecule has 0 bridgehead atoms. The lowest BCUT2D eigenvalue weighted by atomic mass is 10.1. The number of benzene rings is 1. The summed E-state index contributed by atoms with van der Waals surface area (Å²) >= 11 is 0. The van der Waals surface area contributed by atoms with Gasteiger partial charge in [-0.2, -0.15) is 0 Å². The number of nitrogens with zero attached hydrogens (tertiary/aromatic N) is 2. The van der Waals surface area contributed by atoms with Crippen molar-refractivity contribution in [3.8, 4) is 0 Å². The number of aromatic nitrogens is 2. The molecule has 0 aliphatic rings. The van der Waals surface area contributed by atoms with Gasteiger partial charge in [-0.15, -0.1) is 0 Å². The first-order valence-electron chi connectivity index (χ1n) is 9.60. The number of fused-ring (bicyclic) bond motifs is 1. The third-order valence-corrected chi connectivity index (χ3v) is 4.78. The highest BCUT2D eigenvalue weighted by Crippen LogP contribution is 2.22. The molecule has 3 rings (SSSR count). The van der Waals surface area contributed by atoms with Crippen molar-refractivity contribution in [1.82, 2.24) is 20.8 Å². The normalized spacial score (nSPS) is 12.1. The van der Waals surface area contributed by atoms with Crippen molar-refractivity contribution < 1.29 is 4.52 Å². The first-order chi connectivity index (χ1) is 13.1. The Morgan fingerprint density at radius 1 is 1.26 bits per heavy atom. The lowest BCUT2D eigenvalue weighted by molar-refractivity contribution is 0.372. The molecule has 1 aromatic carbocycles. The van der Waals surface area contributed by atoms with Crippen LogP contribution in [0.15, 0.2) is 40.0 Å². The van der Waals surface area contributed by atoms with Crippen LogP contribution in [0.2, 0.25) is 0 Å². The van der Waals surface area contributed by atoms with Gasteiger partial charge in [-0.1, -0.05) is 44.1 Å². The number of guanidine groups is 1. The highest BCUT2D eigenvalue weighted by Gasteiger charge is 2.09. The van der Waals surface area contributed by atoms with Gasteiger partial charge in [0.2, 0.25) is 0 Å². The van der Waals surface area contributed by atoms with E-state index in [0.717, 1.165) is 36.8 Å². The average Bonchev–Trinajstić information content (AvgIpc) is 3.31. The fourth-order valence-electron chi connectivity index (χ4n) is 3.17. The van der Waals surface area contributed by atoms with Gasteiger partial charge in [-0.3, -0.25) is 4.99 Å². The minimum atomic E-state index is 0.365. The van der Waals surface area contributed by atoms with Crippen molar-refractivity contribution in [3.05, 3.63) is 53.0 Å². The van der Waals surface area contributed by atoms with Crippen LogP contribution < -0.4 is 10.6 Å². The van der Waals surface area contributed by atoms with Crippen LogP contribution in [0.4, 0.5) is 0 Å². The van der Waals surface area contributed by atoms with Crippen LogP contribution in [0.3, 0.4) is 0 Å². The number of aliphatic imine (C=N–C) groups is 1. The number of rotatable bonds is 7. The molecule has 0 atom stereocenters. The van der Waals surface area contributed by atoms with E-state index in [2.05, 4.69) is 70.9 Å². The number of aryl methyl sites for hydroxylation is 1. The number of para-hydroxylation sites is 1. The molecule has 0 aliphatic carbocycles. The van der Waals surface area contributed by atoms with Crippen LogP contribution in [0.5, 0.6) is 0 Å². The third kappa shape index (κ3) is 4.51. The predicted octanol–water partition coefficient (Wildman–Crippen LogP) is 3.75. The molecular formula is C21H29N5O. The Morgan fingerprint density at radius 3 is 2.81 bits per heavy atom. The Kier molecular flexibility index (Phi) is 6.16. The van der Waals surface area contributed by atoms with Gasteiger partial charge in [-0.25, -0.2) is 0 Å². The molecule has 144 valence electrons. The summed E-state index contributed by atoms with van der Waals surface area (Å²) in [7, 11) is 1.77. The number of nitrogens with one attached hydrogen (secondary N) is 3. The van der Waals surface area contributed by atoms with E-state index in [1.165, 1.54) is 22.0 Å². The van der Waals surface area contributed by atoms with Gasteiger partial charge in [-0.05, 0) is 29.9 Å². The largest absolute Gasteiger partial charge is 0.361 e. The highest BCUT2D eigenvalue weighted by molar-refractivity contribution is 5.86. The number of hydrogen-bond donors (Lipinski definition) is 3. The zero-order chi connectivity index (χ0) is 19.2. The van der Waals surface area contributed by atoms with Crippen molar-refractivity contribution in [2.45, 2.75) is 46.1 Å². The van der Waals surface area contributed by atoms with Crippen molar-refractivity contribution in [3.63, 3.8) is 0 Å². The fourth-order valence-corrected chi connectivity index (χ4v) is 3.17. The Hall–Kier alpha value is -2.76. The summed E-state index contributed by atoms with van der Waals surface area (Å²) < 4.78 is 5.35. The molecule has 0 spiro atoms. The maximum Gasteiger partial charge on any atom is 0.191 e. The van der Waals surface area contributed by atoms with Gasteiger partial charge >= 0.3 is 0 Å². The van der Waals surface area contributed by atoms with Crippen LogP contribution in [-0.4, -0.2) is 29.7 Å². The van der Waals surface area contributed by atoms with Crippen molar-refractivity contribution >= 4 is 16.9 Å². The second kappa shape index (κ2) is 8.75. The van der Waals surface area contributed by atoms with E-state index < -0.39 is 0 Å². The minimum Gasteiger partial charge on any atom is -0.361 e. The number of hydrogen-bond acceptors (Lipinski definition) is 3. The van der Waals surface area contributed by atoms with Gasteiger partial charge in [0.25, 0.3) is 0 Å². The van der Waals surface area contributed by atoms with Crippen LogP contribution in [0, 0.1) is 0 Å². The Balaban J connectivity index is 1.53. The first kappa shape index (κ1) is 19.0. The van der Waals surface area contributed by atoms with Crippen molar-refractivity contribution in [2.24, 2.45) is 4.99 Å². The molecule has 6 heteroatoms. The molecule has 3 N–H and O–H groups in total. The summed E-state index contributed by atoms with van der Waals surface area (Å²) in [5, 5.41) is 12.0. The van der Waals surface area contributed by atoms with E-state index in [0.29, 0.717) is 12.5 Å². The summed E-state index contributed by atoms with van der Waals surface area (Å²) in [4.78, 5) is 7.70. The molecule has 0 amide bonds. The lowest BCUT2D eigenvalue weighted by Gasteiger charge is -2.10. The summed E-state index contributed by atoms with van der Waals surface area (Å²) in [6.45, 7) is 7.75. The lowest BCUT2D eigenvalue weighted by Crippen LogP contribution is -2.37. The predicted molar refractivity (Wildman–Crippen MR) is 110 cm³/mol. The zero-order valence-electron chi connectivity index (χ0n) is 16.6. The molecule has 2 heterocycles. The topological polar surface area (TPSA) is 78.2 Å². The zero-order valence-corrected chi connectivity index (χ0v) is 16.6. The summed E-state index contributed by atoms with van der Waals surface area (Å²) in [6.07, 6.45) is 4.07. The van der Waals surface area contributed by atoms with E-state index in [1.54, 1.807) is 7.05 Å². The quantitative estimate of drug-likeness (QED) is 0.439. The van der Waals surface area contributed by atoms with E-state index in [1.807, 2.05) is 6.07 Å². The number of aromatic amines is 1. The average molecular weight is 367 g/mol. The summed E-state index contributed by atoms with van der Waals surface area (Å²) in [5.74, 6) is 1.93. The standard InChI is InChI=1S/C21H29N5O/c1-5-15-7-6-8-18-16(12-24-20(15)18)9-10-23-21(22-4)25-13-17-11-19(14(2)3)26-27-17/h6-8,11-12,14,24H,5,9-10,13H2,1-4H3,(H2,22,23,25). The van der Waals surface area contributed by atoms with Crippen LogP contribution in [0.1, 0.15) is 49.3 Å². The van der Waals surface area contributed by atoms with Gasteiger partial charge in [0.05, 0.1) is 12.2 Å². The SMILES string of the molecule is CCc1cccc2c(CCNC(=NC)NCc3cc(C(C)C)no3)c[nH]c12. The van der Waals surface area contributed by atoms with Crippen LogP contribution in [-0.2, 0) is 19.4 Å². The Morgan fingerprint density at radius 2 is 2.11 bits per heavy atom. The van der Waals surface area contributed by atoms with E-state index >= 15 is 0 Å². The molecule has 0 unspecified atom stereocenters. The van der Waals surface area contributed by atoms with E-state index in [-0.39, 0.29) is 0 Å². The maximum absolute atomic E-state index is 5.35. The first-order valence-corrected chi connectivity index (χ1v) is 9.60. The minimum absolute atomic E-state index is 0.365. The molecule has 0 saturated heterocycles. The van der Waals surface area contributed by atoms with Crippen molar-refractivity contribution in [1.29, 1.82) is 0 Å². The van der Waals surface area contributed by atoms with Gasteiger partial charge < -0.3 is 20.1 Å². The smallest absolute Gasteiger partial charge is 0.191 e. The van der Waals surface area contributed by atoms with Crippen LogP contribution in [0.25, 0.3) is 10.9 Å². The molecule has 0 radical (unpaired) electrons. The highest BCUT2D eigenvalue weighted by atomic mass is 16.5. The summed E-state index contributed by atoms with van der Waals surface area (Å²) in [5.41, 5.74) is 4.90. The van der Waals surface area contributed by atoms with Gasteiger partial charge in [0.15, 0.2) is 11.7 Å². The second-order valence-electron chi connectivity index (χ2n) is 6.98. The molecule has 0 fully saturated rings. The van der Waals surface area contributed by atoms with Crippen LogP contribution >= 0.6 is 0 Å². The Labute approximate surface area is 160 Å². The molecule has 27 heavy (non-hydrogen) atoms. The van der Waals surface area contributed by atoms with Gasteiger partial charge in [0, 0.05) is 36.8 Å². The Bertz CT molecular complexity index is 906. The van der Waals surface area contributed by atoms with E-state index in [4.69, 9.17) is 4.52 Å². The number of H-pyrrole nitrogens is 1. The molecule has 0 saturated carbocycles. The third-order valence-electron chi connectivity index (χ3n) is 4.78.